The molecule has 2 heterocycles. The molecule has 0 amide bonds. The number of hydrogen-bond acceptors (Lipinski definition) is 4. The summed E-state index contributed by atoms with van der Waals surface area (Å²) in [6, 6.07) is 4.19. The fraction of sp³-hybridized carbons (Fsp3) is 0.364. The van der Waals surface area contributed by atoms with Gasteiger partial charge in [-0.3, -0.25) is 0 Å². The van der Waals surface area contributed by atoms with Crippen molar-refractivity contribution in [1.82, 2.24) is 4.98 Å². The van der Waals surface area contributed by atoms with Gasteiger partial charge in [0.25, 0.3) is 0 Å². The molecule has 1 aromatic carbocycles. The van der Waals surface area contributed by atoms with Crippen LogP contribution in [0.2, 0.25) is 0 Å². The number of aromatic nitrogens is 1. The molecule has 1 atom stereocenters. The molecule has 3 nitrogen and oxygen atoms in total. The summed E-state index contributed by atoms with van der Waals surface area (Å²) in [5, 5.41) is 1.09. The zero-order valence-electron chi connectivity index (χ0n) is 8.49. The lowest BCUT2D eigenvalue weighted by Crippen LogP contribution is -2.23. The zero-order chi connectivity index (χ0) is 10.4. The van der Waals surface area contributed by atoms with Crippen LogP contribution in [0.4, 0.5) is 0 Å². The lowest BCUT2D eigenvalue weighted by Gasteiger charge is -2.22. The average molecular weight is 220 g/mol. The number of thiazole rings is 1. The van der Waals surface area contributed by atoms with Gasteiger partial charge in [0, 0.05) is 5.56 Å². The van der Waals surface area contributed by atoms with E-state index in [0.717, 1.165) is 10.5 Å². The fourth-order valence-electron chi connectivity index (χ4n) is 2.09. The van der Waals surface area contributed by atoms with Gasteiger partial charge in [0.1, 0.15) is 0 Å². The smallest absolute Gasteiger partial charge is 0.0907 e. The third-order valence-electron chi connectivity index (χ3n) is 2.72. The second kappa shape index (κ2) is 3.27. The highest BCUT2D eigenvalue weighted by atomic mass is 32.1. The molecule has 2 N–H and O–H groups in total. The predicted octanol–water partition coefficient (Wildman–Crippen LogP) is 2.13. The van der Waals surface area contributed by atoms with Crippen LogP contribution in [0.3, 0.4) is 0 Å². The van der Waals surface area contributed by atoms with Crippen molar-refractivity contribution in [1.29, 1.82) is 0 Å². The van der Waals surface area contributed by atoms with E-state index >= 15 is 0 Å². The molecule has 0 saturated heterocycles. The first-order chi connectivity index (χ1) is 7.25. The average Bonchev–Trinajstić information content (AvgIpc) is 2.58. The Hall–Kier alpha value is -0.970. The predicted molar refractivity (Wildman–Crippen MR) is 60.9 cm³/mol. The van der Waals surface area contributed by atoms with E-state index in [-0.39, 0.29) is 6.04 Å². The number of ether oxygens (including phenoxy) is 1. The highest BCUT2D eigenvalue weighted by Crippen LogP contribution is 2.33. The maximum atomic E-state index is 6.06. The molecule has 2 aromatic rings. The molecule has 1 aliphatic rings. The monoisotopic (exact) mass is 220 g/mol. The second-order valence-corrected chi connectivity index (χ2v) is 5.07. The number of fused-ring (bicyclic) bond motifs is 3. The summed E-state index contributed by atoms with van der Waals surface area (Å²) < 4.78 is 6.64. The Bertz CT molecular complexity index is 521. The number of aryl methyl sites for hydroxylation is 1. The Balaban J connectivity index is 2.34. The van der Waals surface area contributed by atoms with Crippen LogP contribution in [0.1, 0.15) is 22.2 Å². The minimum Gasteiger partial charge on any atom is -0.375 e. The number of nitrogens with two attached hydrogens (primary N) is 1. The maximum absolute atomic E-state index is 6.06. The first-order valence-corrected chi connectivity index (χ1v) is 5.79. The summed E-state index contributed by atoms with van der Waals surface area (Å²) in [5.41, 5.74) is 9.51. The van der Waals surface area contributed by atoms with Gasteiger partial charge in [0.05, 0.1) is 34.5 Å². The van der Waals surface area contributed by atoms with Crippen molar-refractivity contribution in [3.05, 3.63) is 28.3 Å². The first-order valence-electron chi connectivity index (χ1n) is 4.98. The van der Waals surface area contributed by atoms with E-state index in [2.05, 4.69) is 17.1 Å². The molecule has 0 aliphatic carbocycles. The van der Waals surface area contributed by atoms with E-state index < -0.39 is 0 Å². The van der Waals surface area contributed by atoms with Crippen LogP contribution >= 0.6 is 11.3 Å². The van der Waals surface area contributed by atoms with Crippen LogP contribution in [0.5, 0.6) is 0 Å². The fourth-order valence-corrected chi connectivity index (χ4v) is 2.93. The van der Waals surface area contributed by atoms with Gasteiger partial charge in [-0.15, -0.1) is 11.3 Å². The minimum atomic E-state index is -0.0288. The standard InChI is InChI=1S/C11H12N2OS/c1-6-13-11-9(15-6)3-2-7-4-14-5-8(12)10(7)11/h2-3,8H,4-5,12H2,1H3. The molecule has 0 radical (unpaired) electrons. The molecule has 78 valence electrons. The summed E-state index contributed by atoms with van der Waals surface area (Å²) in [6.07, 6.45) is 0. The van der Waals surface area contributed by atoms with Gasteiger partial charge in [-0.25, -0.2) is 4.98 Å². The normalized spacial score (nSPS) is 20.5. The van der Waals surface area contributed by atoms with E-state index in [9.17, 15) is 0 Å². The topological polar surface area (TPSA) is 48.1 Å². The summed E-state index contributed by atoms with van der Waals surface area (Å²) in [4.78, 5) is 4.56. The van der Waals surface area contributed by atoms with Crippen molar-refractivity contribution in [3.8, 4) is 0 Å². The van der Waals surface area contributed by atoms with Crippen molar-refractivity contribution in [2.45, 2.75) is 19.6 Å². The second-order valence-electron chi connectivity index (χ2n) is 3.84. The van der Waals surface area contributed by atoms with Crippen LogP contribution in [-0.4, -0.2) is 11.6 Å². The molecule has 1 aromatic heterocycles. The molecule has 0 saturated carbocycles. The highest BCUT2D eigenvalue weighted by molar-refractivity contribution is 7.18. The van der Waals surface area contributed by atoms with Crippen molar-refractivity contribution in [3.63, 3.8) is 0 Å². The molecule has 0 spiro atoms. The van der Waals surface area contributed by atoms with Crippen LogP contribution in [0.15, 0.2) is 12.1 Å². The van der Waals surface area contributed by atoms with Crippen LogP contribution in [0.25, 0.3) is 10.2 Å². The lowest BCUT2D eigenvalue weighted by atomic mass is 9.98. The van der Waals surface area contributed by atoms with E-state index in [4.69, 9.17) is 10.5 Å². The lowest BCUT2D eigenvalue weighted by molar-refractivity contribution is 0.0930. The summed E-state index contributed by atoms with van der Waals surface area (Å²) in [6.45, 7) is 3.29. The Kier molecular flexibility index (Phi) is 2.02. The largest absolute Gasteiger partial charge is 0.375 e. The van der Waals surface area contributed by atoms with Gasteiger partial charge in [-0.05, 0) is 18.6 Å². The molecule has 4 heteroatoms. The van der Waals surface area contributed by atoms with Crippen LogP contribution in [-0.2, 0) is 11.3 Å². The molecule has 0 fully saturated rings. The zero-order valence-corrected chi connectivity index (χ0v) is 9.30. The maximum Gasteiger partial charge on any atom is 0.0907 e. The molecule has 15 heavy (non-hydrogen) atoms. The van der Waals surface area contributed by atoms with Gasteiger partial charge in [-0.1, -0.05) is 6.07 Å². The first kappa shape index (κ1) is 9.27. The van der Waals surface area contributed by atoms with Gasteiger partial charge >= 0.3 is 0 Å². The number of benzene rings is 1. The Morgan fingerprint density at radius 1 is 1.53 bits per heavy atom. The third-order valence-corrected chi connectivity index (χ3v) is 3.66. The van der Waals surface area contributed by atoms with E-state index in [0.29, 0.717) is 13.2 Å². The molecule has 0 bridgehead atoms. The molecular formula is C11H12N2OS. The number of hydrogen-bond donors (Lipinski definition) is 1. The Morgan fingerprint density at radius 3 is 3.27 bits per heavy atom. The summed E-state index contributed by atoms with van der Waals surface area (Å²) in [5.74, 6) is 0. The van der Waals surface area contributed by atoms with E-state index in [1.807, 2.05) is 6.92 Å². The van der Waals surface area contributed by atoms with Gasteiger partial charge < -0.3 is 10.5 Å². The molecular weight excluding hydrogens is 208 g/mol. The van der Waals surface area contributed by atoms with Crippen molar-refractivity contribution >= 4 is 21.6 Å². The van der Waals surface area contributed by atoms with Crippen molar-refractivity contribution in [2.24, 2.45) is 5.73 Å². The van der Waals surface area contributed by atoms with Gasteiger partial charge in [0.15, 0.2) is 0 Å². The molecule has 1 unspecified atom stereocenters. The van der Waals surface area contributed by atoms with Crippen LogP contribution < -0.4 is 5.73 Å². The van der Waals surface area contributed by atoms with Gasteiger partial charge in [-0.2, -0.15) is 0 Å². The molecule has 1 aliphatic heterocycles. The summed E-state index contributed by atoms with van der Waals surface area (Å²) in [7, 11) is 0. The van der Waals surface area contributed by atoms with E-state index in [1.54, 1.807) is 11.3 Å². The van der Waals surface area contributed by atoms with Crippen molar-refractivity contribution in [2.75, 3.05) is 6.61 Å². The van der Waals surface area contributed by atoms with Crippen molar-refractivity contribution < 1.29 is 4.74 Å². The Labute approximate surface area is 91.9 Å². The highest BCUT2D eigenvalue weighted by Gasteiger charge is 2.21. The SMILES string of the molecule is Cc1nc2c3c(ccc2s1)COCC3N. The third kappa shape index (κ3) is 1.37. The van der Waals surface area contributed by atoms with E-state index in [1.165, 1.54) is 15.8 Å². The van der Waals surface area contributed by atoms with Gasteiger partial charge in [0.2, 0.25) is 0 Å². The number of rotatable bonds is 0. The molecule has 3 rings (SSSR count). The van der Waals surface area contributed by atoms with Crippen LogP contribution in [0, 0.1) is 6.92 Å². The summed E-state index contributed by atoms with van der Waals surface area (Å²) >= 11 is 1.72. The Morgan fingerprint density at radius 2 is 2.40 bits per heavy atom. The quantitative estimate of drug-likeness (QED) is 0.740. The minimum absolute atomic E-state index is 0.0288. The number of nitrogens with zero attached hydrogens (tertiary/aromatic N) is 1.